The van der Waals surface area contributed by atoms with Crippen LogP contribution in [0.1, 0.15) is 40.9 Å². The number of anilines is 2. The molecule has 1 atom stereocenters. The first-order valence-corrected chi connectivity index (χ1v) is 10.4. The van der Waals surface area contributed by atoms with Crippen molar-refractivity contribution in [1.29, 1.82) is 0 Å². The maximum atomic E-state index is 12.7. The Balaban J connectivity index is 1.89. The van der Waals surface area contributed by atoms with Crippen LogP contribution in [0.5, 0.6) is 0 Å². The number of hydrogen-bond acceptors (Lipinski definition) is 3. The quantitative estimate of drug-likeness (QED) is 0.891. The summed E-state index contributed by atoms with van der Waals surface area (Å²) in [7, 11) is -3.32. The third-order valence-corrected chi connectivity index (χ3v) is 6.90. The van der Waals surface area contributed by atoms with E-state index in [9.17, 15) is 13.2 Å². The predicted octanol–water partition coefficient (Wildman–Crippen LogP) is 3.66. The number of fused-ring (bicyclic) bond motifs is 1. The average molecular weight is 372 g/mol. The number of carbonyl (C=O) groups is 1. The lowest BCUT2D eigenvalue weighted by atomic mass is 10.1. The molecule has 1 N–H and O–H groups in total. The standard InChI is InChI=1S/C20H24N2O3S/c1-5-26(24,25)22-14(3)11-17-12-16(9-10-19(17)22)20(23)21-18-8-6-7-13(2)15(18)4/h6-10,12,14H,5,11H2,1-4H3,(H,21,23)/t14-/m1/s1. The Morgan fingerprint density at radius 1 is 1.23 bits per heavy atom. The van der Waals surface area contributed by atoms with Gasteiger partial charge in [-0.05, 0) is 75.1 Å². The van der Waals surface area contributed by atoms with E-state index < -0.39 is 10.0 Å². The molecule has 5 nitrogen and oxygen atoms in total. The number of sulfonamides is 1. The molecule has 2 aromatic rings. The van der Waals surface area contributed by atoms with Crippen molar-refractivity contribution in [1.82, 2.24) is 0 Å². The zero-order valence-corrected chi connectivity index (χ0v) is 16.4. The Morgan fingerprint density at radius 3 is 2.65 bits per heavy atom. The van der Waals surface area contributed by atoms with E-state index in [-0.39, 0.29) is 17.7 Å². The highest BCUT2D eigenvalue weighted by Crippen LogP contribution is 2.35. The van der Waals surface area contributed by atoms with Crippen molar-refractivity contribution in [2.45, 2.75) is 40.2 Å². The van der Waals surface area contributed by atoms with E-state index in [0.29, 0.717) is 17.7 Å². The second kappa shape index (κ2) is 6.76. The number of rotatable bonds is 4. The van der Waals surface area contributed by atoms with Gasteiger partial charge in [-0.25, -0.2) is 8.42 Å². The summed E-state index contributed by atoms with van der Waals surface area (Å²) in [4.78, 5) is 12.7. The van der Waals surface area contributed by atoms with E-state index in [2.05, 4.69) is 5.32 Å². The molecule has 26 heavy (non-hydrogen) atoms. The molecule has 0 unspecified atom stereocenters. The van der Waals surface area contributed by atoms with Gasteiger partial charge in [0, 0.05) is 17.3 Å². The fourth-order valence-corrected chi connectivity index (χ4v) is 4.77. The summed E-state index contributed by atoms with van der Waals surface area (Å²) >= 11 is 0. The van der Waals surface area contributed by atoms with Gasteiger partial charge in [0.05, 0.1) is 11.4 Å². The summed E-state index contributed by atoms with van der Waals surface area (Å²) in [5.74, 6) is -0.128. The van der Waals surface area contributed by atoms with Gasteiger partial charge >= 0.3 is 0 Å². The van der Waals surface area contributed by atoms with Crippen LogP contribution < -0.4 is 9.62 Å². The Hall–Kier alpha value is -2.34. The first-order chi connectivity index (χ1) is 12.2. The number of carbonyl (C=O) groups excluding carboxylic acids is 1. The van der Waals surface area contributed by atoms with Crippen LogP contribution in [-0.2, 0) is 16.4 Å². The molecule has 0 bridgehead atoms. The van der Waals surface area contributed by atoms with E-state index >= 15 is 0 Å². The van der Waals surface area contributed by atoms with Gasteiger partial charge in [0.2, 0.25) is 10.0 Å². The molecule has 3 rings (SSSR count). The molecular weight excluding hydrogens is 348 g/mol. The number of amides is 1. The van der Waals surface area contributed by atoms with Crippen LogP contribution in [0.15, 0.2) is 36.4 Å². The normalized spacial score (nSPS) is 16.5. The van der Waals surface area contributed by atoms with Gasteiger partial charge in [0.1, 0.15) is 0 Å². The summed E-state index contributed by atoms with van der Waals surface area (Å²) in [6.07, 6.45) is 0.610. The Bertz CT molecular complexity index is 967. The number of benzene rings is 2. The SMILES string of the molecule is CCS(=O)(=O)N1c2ccc(C(=O)Nc3cccc(C)c3C)cc2C[C@H]1C. The predicted molar refractivity (Wildman–Crippen MR) is 105 cm³/mol. The first kappa shape index (κ1) is 18.5. The number of nitrogens with one attached hydrogen (secondary N) is 1. The summed E-state index contributed by atoms with van der Waals surface area (Å²) in [6, 6.07) is 10.9. The minimum absolute atomic E-state index is 0.0612. The van der Waals surface area contributed by atoms with Crippen LogP contribution >= 0.6 is 0 Å². The zero-order chi connectivity index (χ0) is 19.1. The molecule has 0 aromatic heterocycles. The van der Waals surface area contributed by atoms with Gasteiger partial charge in [-0.3, -0.25) is 9.10 Å². The summed E-state index contributed by atoms with van der Waals surface area (Å²) in [6.45, 7) is 7.52. The number of aryl methyl sites for hydroxylation is 1. The van der Waals surface area contributed by atoms with Crippen molar-refractivity contribution < 1.29 is 13.2 Å². The van der Waals surface area contributed by atoms with Gasteiger partial charge in [-0.15, -0.1) is 0 Å². The third-order valence-electron chi connectivity index (χ3n) is 5.01. The van der Waals surface area contributed by atoms with Gasteiger partial charge in [-0.2, -0.15) is 0 Å². The molecule has 0 fully saturated rings. The highest BCUT2D eigenvalue weighted by molar-refractivity contribution is 7.92. The van der Waals surface area contributed by atoms with Crippen LogP contribution in [-0.4, -0.2) is 26.1 Å². The molecule has 0 saturated carbocycles. The van der Waals surface area contributed by atoms with E-state index in [0.717, 1.165) is 22.4 Å². The van der Waals surface area contributed by atoms with Crippen molar-refractivity contribution in [3.8, 4) is 0 Å². The molecule has 1 heterocycles. The van der Waals surface area contributed by atoms with Gasteiger partial charge < -0.3 is 5.32 Å². The average Bonchev–Trinajstić information content (AvgIpc) is 2.94. The van der Waals surface area contributed by atoms with Crippen molar-refractivity contribution in [2.75, 3.05) is 15.4 Å². The van der Waals surface area contributed by atoms with Crippen LogP contribution in [0, 0.1) is 13.8 Å². The van der Waals surface area contributed by atoms with E-state index in [4.69, 9.17) is 0 Å². The monoisotopic (exact) mass is 372 g/mol. The van der Waals surface area contributed by atoms with Gasteiger partial charge in [0.25, 0.3) is 5.91 Å². The van der Waals surface area contributed by atoms with Gasteiger partial charge in [0.15, 0.2) is 0 Å². The Kier molecular flexibility index (Phi) is 4.80. The lowest BCUT2D eigenvalue weighted by Gasteiger charge is -2.23. The molecule has 0 saturated heterocycles. The second-order valence-corrected chi connectivity index (χ2v) is 8.93. The minimum Gasteiger partial charge on any atom is -0.322 e. The lowest BCUT2D eigenvalue weighted by molar-refractivity contribution is 0.102. The fraction of sp³-hybridized carbons (Fsp3) is 0.350. The van der Waals surface area contributed by atoms with Crippen molar-refractivity contribution in [3.05, 3.63) is 58.7 Å². The molecule has 6 heteroatoms. The molecule has 0 spiro atoms. The molecule has 1 aliphatic rings. The zero-order valence-electron chi connectivity index (χ0n) is 15.5. The molecule has 1 aliphatic heterocycles. The molecular formula is C20H24N2O3S. The second-order valence-electron chi connectivity index (χ2n) is 6.79. The van der Waals surface area contributed by atoms with E-state index in [1.807, 2.05) is 39.0 Å². The molecule has 2 aromatic carbocycles. The van der Waals surface area contributed by atoms with Crippen LogP contribution in [0.4, 0.5) is 11.4 Å². The summed E-state index contributed by atoms with van der Waals surface area (Å²) in [5, 5.41) is 2.95. The van der Waals surface area contributed by atoms with Crippen molar-refractivity contribution >= 4 is 27.3 Å². The highest BCUT2D eigenvalue weighted by atomic mass is 32.2. The topological polar surface area (TPSA) is 66.5 Å². The summed E-state index contributed by atoms with van der Waals surface area (Å²) < 4.78 is 26.2. The molecule has 138 valence electrons. The van der Waals surface area contributed by atoms with E-state index in [1.54, 1.807) is 25.1 Å². The third kappa shape index (κ3) is 3.21. The maximum absolute atomic E-state index is 12.7. The molecule has 0 radical (unpaired) electrons. The van der Waals surface area contributed by atoms with Gasteiger partial charge in [-0.1, -0.05) is 12.1 Å². The largest absolute Gasteiger partial charge is 0.322 e. The highest BCUT2D eigenvalue weighted by Gasteiger charge is 2.34. The van der Waals surface area contributed by atoms with Crippen molar-refractivity contribution in [2.24, 2.45) is 0 Å². The van der Waals surface area contributed by atoms with Crippen LogP contribution in [0.3, 0.4) is 0 Å². The molecule has 1 amide bonds. The van der Waals surface area contributed by atoms with Crippen molar-refractivity contribution in [3.63, 3.8) is 0 Å². The number of nitrogens with zero attached hydrogens (tertiary/aromatic N) is 1. The molecule has 0 aliphatic carbocycles. The lowest BCUT2D eigenvalue weighted by Crippen LogP contribution is -2.36. The van der Waals surface area contributed by atoms with E-state index in [1.165, 1.54) is 4.31 Å². The Morgan fingerprint density at radius 2 is 1.96 bits per heavy atom. The summed E-state index contributed by atoms with van der Waals surface area (Å²) in [5.41, 5.74) is 5.05. The first-order valence-electron chi connectivity index (χ1n) is 8.77. The van der Waals surface area contributed by atoms with Crippen LogP contribution in [0.25, 0.3) is 0 Å². The Labute approximate surface area is 155 Å². The maximum Gasteiger partial charge on any atom is 0.255 e. The van der Waals surface area contributed by atoms with Crippen LogP contribution in [0.2, 0.25) is 0 Å². The minimum atomic E-state index is -3.32. The smallest absolute Gasteiger partial charge is 0.255 e. The fourth-order valence-electron chi connectivity index (χ4n) is 3.39. The number of hydrogen-bond donors (Lipinski definition) is 1.